The van der Waals surface area contributed by atoms with E-state index >= 15 is 0 Å². The summed E-state index contributed by atoms with van der Waals surface area (Å²) < 4.78 is 0. The fraction of sp³-hybridized carbons (Fsp3) is 0.133. The van der Waals surface area contributed by atoms with E-state index < -0.39 is 11.9 Å². The molecule has 6 heteroatoms. The van der Waals surface area contributed by atoms with Crippen molar-refractivity contribution >= 4 is 34.1 Å². The number of rotatable bonds is 2. The van der Waals surface area contributed by atoms with Crippen LogP contribution < -0.4 is 4.90 Å². The summed E-state index contributed by atoms with van der Waals surface area (Å²) in [4.78, 5) is 37.0. The number of aryl methyl sites for hydroxylation is 1. The molecule has 1 aliphatic heterocycles. The van der Waals surface area contributed by atoms with E-state index in [0.717, 1.165) is 16.2 Å². The first-order valence-electron chi connectivity index (χ1n) is 6.28. The molecule has 21 heavy (non-hydrogen) atoms. The van der Waals surface area contributed by atoms with Gasteiger partial charge < -0.3 is 5.11 Å². The number of carboxylic acid groups (broad SMARTS) is 1. The normalized spacial score (nSPS) is 14.2. The van der Waals surface area contributed by atoms with Gasteiger partial charge in [0.15, 0.2) is 0 Å². The van der Waals surface area contributed by atoms with Crippen LogP contribution in [0.5, 0.6) is 0 Å². The molecule has 0 saturated heterocycles. The van der Waals surface area contributed by atoms with Crippen LogP contribution in [-0.4, -0.2) is 22.9 Å². The number of anilines is 1. The van der Waals surface area contributed by atoms with Gasteiger partial charge in [-0.2, -0.15) is 0 Å². The van der Waals surface area contributed by atoms with Crippen molar-refractivity contribution in [1.82, 2.24) is 0 Å². The van der Waals surface area contributed by atoms with E-state index in [0.29, 0.717) is 21.7 Å². The first kappa shape index (κ1) is 13.5. The van der Waals surface area contributed by atoms with Crippen molar-refractivity contribution in [3.05, 3.63) is 51.9 Å². The topological polar surface area (TPSA) is 74.7 Å². The van der Waals surface area contributed by atoms with Crippen molar-refractivity contribution in [1.29, 1.82) is 0 Å². The molecule has 0 radical (unpaired) electrons. The number of imide groups is 1. The number of carbonyl (C=O) groups excluding carboxylic acids is 2. The molecule has 3 rings (SSSR count). The predicted molar refractivity (Wildman–Crippen MR) is 78.0 cm³/mol. The van der Waals surface area contributed by atoms with Gasteiger partial charge in [-0.05, 0) is 30.2 Å². The van der Waals surface area contributed by atoms with Crippen LogP contribution >= 0.6 is 11.3 Å². The van der Waals surface area contributed by atoms with Crippen molar-refractivity contribution in [3.8, 4) is 0 Å². The smallest absolute Gasteiger partial charge is 0.346 e. The second kappa shape index (κ2) is 4.82. The van der Waals surface area contributed by atoms with Gasteiger partial charge in [-0.25, -0.2) is 9.69 Å². The highest BCUT2D eigenvalue weighted by atomic mass is 32.1. The molecule has 5 nitrogen and oxygen atoms in total. The van der Waals surface area contributed by atoms with Crippen molar-refractivity contribution in [2.45, 2.75) is 13.3 Å². The zero-order valence-corrected chi connectivity index (χ0v) is 11.9. The summed E-state index contributed by atoms with van der Waals surface area (Å²) in [7, 11) is 0. The van der Waals surface area contributed by atoms with E-state index in [-0.39, 0.29) is 17.2 Å². The molecule has 1 aromatic carbocycles. The van der Waals surface area contributed by atoms with Gasteiger partial charge in [0.2, 0.25) is 5.91 Å². The molecule has 1 N–H and O–H groups in total. The molecule has 106 valence electrons. The summed E-state index contributed by atoms with van der Waals surface area (Å²) in [6.45, 7) is 1.65. The SMILES string of the molecule is Cc1cc(N2C(=O)Cc3ccccc3C2=O)sc1C(=O)O. The molecule has 0 fully saturated rings. The lowest BCUT2D eigenvalue weighted by atomic mass is 9.99. The summed E-state index contributed by atoms with van der Waals surface area (Å²) in [5, 5.41) is 9.44. The first-order valence-corrected chi connectivity index (χ1v) is 7.09. The van der Waals surface area contributed by atoms with Crippen LogP contribution in [-0.2, 0) is 11.2 Å². The van der Waals surface area contributed by atoms with Crippen molar-refractivity contribution in [2.75, 3.05) is 4.90 Å². The van der Waals surface area contributed by atoms with Crippen LogP contribution in [0.2, 0.25) is 0 Å². The Bertz CT molecular complexity index is 778. The Hall–Kier alpha value is -2.47. The molecule has 0 atom stereocenters. The second-order valence-corrected chi connectivity index (χ2v) is 5.80. The summed E-state index contributed by atoms with van der Waals surface area (Å²) in [5.41, 5.74) is 1.73. The fourth-order valence-electron chi connectivity index (χ4n) is 2.37. The quantitative estimate of drug-likeness (QED) is 0.865. The average Bonchev–Trinajstić information content (AvgIpc) is 2.80. The molecule has 0 saturated carbocycles. The van der Waals surface area contributed by atoms with E-state index in [1.54, 1.807) is 37.3 Å². The van der Waals surface area contributed by atoms with Gasteiger partial charge >= 0.3 is 5.97 Å². The van der Waals surface area contributed by atoms with Crippen LogP contribution in [0.4, 0.5) is 5.00 Å². The minimum absolute atomic E-state index is 0.140. The van der Waals surface area contributed by atoms with E-state index in [1.807, 2.05) is 0 Å². The minimum Gasteiger partial charge on any atom is -0.477 e. The third-order valence-electron chi connectivity index (χ3n) is 3.36. The van der Waals surface area contributed by atoms with Crippen LogP contribution in [0.15, 0.2) is 30.3 Å². The van der Waals surface area contributed by atoms with E-state index in [2.05, 4.69) is 0 Å². The lowest BCUT2D eigenvalue weighted by Gasteiger charge is -2.25. The molecule has 0 unspecified atom stereocenters. The molecule has 0 aliphatic carbocycles. The highest BCUT2D eigenvalue weighted by Crippen LogP contribution is 2.33. The maximum absolute atomic E-state index is 12.5. The van der Waals surface area contributed by atoms with Crippen LogP contribution in [0.1, 0.15) is 31.2 Å². The number of amides is 2. The Morgan fingerprint density at radius 3 is 2.67 bits per heavy atom. The second-order valence-electron chi connectivity index (χ2n) is 4.77. The van der Waals surface area contributed by atoms with Crippen LogP contribution in [0.3, 0.4) is 0 Å². The standard InChI is InChI=1S/C15H11NO4S/c1-8-6-12(21-13(8)15(19)20)16-11(17)7-9-4-2-3-5-10(9)14(16)18/h2-6H,7H2,1H3,(H,19,20). The first-order chi connectivity index (χ1) is 9.99. The third-order valence-corrected chi connectivity index (χ3v) is 4.57. The minimum atomic E-state index is -1.05. The Morgan fingerprint density at radius 1 is 1.29 bits per heavy atom. The van der Waals surface area contributed by atoms with Gasteiger partial charge in [0, 0.05) is 5.56 Å². The molecular weight excluding hydrogens is 290 g/mol. The number of carboxylic acids is 1. The Balaban J connectivity index is 2.07. The van der Waals surface area contributed by atoms with Crippen molar-refractivity contribution in [2.24, 2.45) is 0 Å². The maximum atomic E-state index is 12.5. The number of carbonyl (C=O) groups is 3. The molecule has 0 bridgehead atoms. The Morgan fingerprint density at radius 2 is 2.00 bits per heavy atom. The van der Waals surface area contributed by atoms with Gasteiger partial charge in [0.05, 0.1) is 6.42 Å². The van der Waals surface area contributed by atoms with Crippen LogP contribution in [0, 0.1) is 6.92 Å². The molecule has 2 heterocycles. The molecule has 2 amide bonds. The largest absolute Gasteiger partial charge is 0.477 e. The monoisotopic (exact) mass is 301 g/mol. The van der Waals surface area contributed by atoms with Gasteiger partial charge in [0.1, 0.15) is 9.88 Å². The van der Waals surface area contributed by atoms with E-state index in [1.165, 1.54) is 0 Å². The Labute approximate surface area is 124 Å². The zero-order valence-electron chi connectivity index (χ0n) is 11.1. The highest BCUT2D eigenvalue weighted by Gasteiger charge is 2.33. The van der Waals surface area contributed by atoms with E-state index in [9.17, 15) is 14.4 Å². The number of thiophene rings is 1. The van der Waals surface area contributed by atoms with E-state index in [4.69, 9.17) is 5.11 Å². The number of hydrogen-bond donors (Lipinski definition) is 1. The fourth-order valence-corrected chi connectivity index (χ4v) is 3.40. The van der Waals surface area contributed by atoms with Gasteiger partial charge in [0.25, 0.3) is 5.91 Å². The molecule has 1 aromatic heterocycles. The summed E-state index contributed by atoms with van der Waals surface area (Å²) in [6.07, 6.45) is 0.140. The number of fused-ring (bicyclic) bond motifs is 1. The summed E-state index contributed by atoms with van der Waals surface area (Å²) in [5.74, 6) is -1.79. The average molecular weight is 301 g/mol. The maximum Gasteiger partial charge on any atom is 0.346 e. The van der Waals surface area contributed by atoms with Gasteiger partial charge in [-0.1, -0.05) is 18.2 Å². The van der Waals surface area contributed by atoms with Crippen LogP contribution in [0.25, 0.3) is 0 Å². The summed E-state index contributed by atoms with van der Waals surface area (Å²) >= 11 is 0.941. The van der Waals surface area contributed by atoms with Crippen molar-refractivity contribution in [3.63, 3.8) is 0 Å². The number of hydrogen-bond acceptors (Lipinski definition) is 4. The number of benzene rings is 1. The lowest BCUT2D eigenvalue weighted by molar-refractivity contribution is -0.117. The van der Waals surface area contributed by atoms with Crippen molar-refractivity contribution < 1.29 is 19.5 Å². The molecule has 0 spiro atoms. The zero-order chi connectivity index (χ0) is 15.1. The Kier molecular flexibility index (Phi) is 3.10. The molecule has 2 aromatic rings. The lowest BCUT2D eigenvalue weighted by Crippen LogP contribution is -2.42. The summed E-state index contributed by atoms with van der Waals surface area (Å²) in [6, 6.07) is 8.53. The predicted octanol–water partition coefficient (Wildman–Crippen LogP) is 2.48. The highest BCUT2D eigenvalue weighted by molar-refractivity contribution is 7.18. The third kappa shape index (κ3) is 2.13. The van der Waals surface area contributed by atoms with Gasteiger partial charge in [-0.3, -0.25) is 9.59 Å². The molecular formula is C15H11NO4S. The van der Waals surface area contributed by atoms with Gasteiger partial charge in [-0.15, -0.1) is 11.3 Å². The number of aromatic carboxylic acids is 1. The molecule has 1 aliphatic rings. The number of nitrogens with zero attached hydrogens (tertiary/aromatic N) is 1.